The SMILES string of the molecule is O=C(Nc1ccc2c(c1)NC(=O)C(c1ccccc1)O2)c1ccc(OCc2ccccc2)cc1. The zero-order chi connectivity index (χ0) is 23.3. The van der Waals surface area contributed by atoms with E-state index in [0.29, 0.717) is 35.0 Å². The molecule has 0 saturated heterocycles. The molecule has 5 rings (SSSR count). The fourth-order valence-corrected chi connectivity index (χ4v) is 3.68. The topological polar surface area (TPSA) is 76.7 Å². The Morgan fingerprint density at radius 3 is 2.32 bits per heavy atom. The highest BCUT2D eigenvalue weighted by Gasteiger charge is 2.29. The minimum Gasteiger partial charge on any atom is -0.489 e. The predicted octanol–water partition coefficient (Wildman–Crippen LogP) is 5.59. The molecule has 34 heavy (non-hydrogen) atoms. The van der Waals surface area contributed by atoms with Gasteiger partial charge >= 0.3 is 0 Å². The normalized spacial score (nSPS) is 14.4. The fraction of sp³-hybridized carbons (Fsp3) is 0.0714. The molecule has 0 bridgehead atoms. The number of rotatable bonds is 6. The first-order valence-corrected chi connectivity index (χ1v) is 10.9. The molecule has 6 nitrogen and oxygen atoms in total. The zero-order valence-electron chi connectivity index (χ0n) is 18.2. The molecular formula is C28H22N2O4. The van der Waals surface area contributed by atoms with Crippen LogP contribution < -0.4 is 20.1 Å². The maximum Gasteiger partial charge on any atom is 0.270 e. The lowest BCUT2D eigenvalue weighted by Crippen LogP contribution is -2.30. The van der Waals surface area contributed by atoms with Gasteiger partial charge in [0.15, 0.2) is 0 Å². The molecule has 0 fully saturated rings. The van der Waals surface area contributed by atoms with Crippen molar-refractivity contribution in [2.45, 2.75) is 12.7 Å². The first kappa shape index (κ1) is 21.3. The number of fused-ring (bicyclic) bond motifs is 1. The van der Waals surface area contributed by atoms with Gasteiger partial charge in [0, 0.05) is 16.8 Å². The maximum absolute atomic E-state index is 12.7. The molecule has 1 heterocycles. The van der Waals surface area contributed by atoms with Crippen molar-refractivity contribution in [1.82, 2.24) is 0 Å². The summed E-state index contributed by atoms with van der Waals surface area (Å²) in [6, 6.07) is 31.3. The number of hydrogen-bond acceptors (Lipinski definition) is 4. The van der Waals surface area contributed by atoms with E-state index in [1.807, 2.05) is 60.7 Å². The van der Waals surface area contributed by atoms with Gasteiger partial charge in [0.1, 0.15) is 18.1 Å². The standard InChI is InChI=1S/C28H22N2O4/c31-27(21-11-14-23(15-12-21)33-18-19-7-3-1-4-8-19)29-22-13-16-25-24(17-22)30-28(32)26(34-25)20-9-5-2-6-10-20/h1-17,26H,18H2,(H,29,31)(H,30,32). The Balaban J connectivity index is 1.22. The van der Waals surface area contributed by atoms with Gasteiger partial charge in [-0.3, -0.25) is 9.59 Å². The molecule has 0 spiro atoms. The van der Waals surface area contributed by atoms with E-state index >= 15 is 0 Å². The van der Waals surface area contributed by atoms with E-state index in [9.17, 15) is 9.59 Å². The summed E-state index contributed by atoms with van der Waals surface area (Å²) in [6.45, 7) is 0.459. The third-order valence-electron chi connectivity index (χ3n) is 5.45. The third kappa shape index (κ3) is 4.76. The van der Waals surface area contributed by atoms with Gasteiger partial charge in [0.2, 0.25) is 6.10 Å². The Hall–Kier alpha value is -4.58. The Bertz CT molecular complexity index is 1310. The van der Waals surface area contributed by atoms with Crippen LogP contribution in [0.25, 0.3) is 0 Å². The first-order chi connectivity index (χ1) is 16.7. The van der Waals surface area contributed by atoms with Gasteiger partial charge in [-0.15, -0.1) is 0 Å². The quantitative estimate of drug-likeness (QED) is 0.402. The molecule has 0 aliphatic carbocycles. The van der Waals surface area contributed by atoms with Crippen molar-refractivity contribution in [2.75, 3.05) is 10.6 Å². The smallest absolute Gasteiger partial charge is 0.270 e. The third-order valence-corrected chi connectivity index (χ3v) is 5.45. The summed E-state index contributed by atoms with van der Waals surface area (Å²) in [5, 5.41) is 5.72. The number of ether oxygens (including phenoxy) is 2. The summed E-state index contributed by atoms with van der Waals surface area (Å²) < 4.78 is 11.7. The second kappa shape index (κ2) is 9.50. The van der Waals surface area contributed by atoms with Crippen molar-refractivity contribution in [3.05, 3.63) is 120 Å². The Morgan fingerprint density at radius 1 is 0.882 bits per heavy atom. The van der Waals surface area contributed by atoms with Gasteiger partial charge in [0.05, 0.1) is 5.69 Å². The van der Waals surface area contributed by atoms with Crippen LogP contribution in [0.15, 0.2) is 103 Å². The first-order valence-electron chi connectivity index (χ1n) is 10.9. The monoisotopic (exact) mass is 450 g/mol. The van der Waals surface area contributed by atoms with Crippen LogP contribution >= 0.6 is 0 Å². The van der Waals surface area contributed by atoms with Crippen LogP contribution in [-0.4, -0.2) is 11.8 Å². The van der Waals surface area contributed by atoms with E-state index in [0.717, 1.165) is 11.1 Å². The van der Waals surface area contributed by atoms with Crippen molar-refractivity contribution in [2.24, 2.45) is 0 Å². The van der Waals surface area contributed by atoms with Crippen LogP contribution in [0.2, 0.25) is 0 Å². The van der Waals surface area contributed by atoms with Crippen molar-refractivity contribution in [1.29, 1.82) is 0 Å². The van der Waals surface area contributed by atoms with Crippen LogP contribution in [-0.2, 0) is 11.4 Å². The number of carbonyl (C=O) groups is 2. The largest absolute Gasteiger partial charge is 0.489 e. The number of nitrogens with one attached hydrogen (secondary N) is 2. The van der Waals surface area contributed by atoms with E-state index in [-0.39, 0.29) is 11.8 Å². The molecular weight excluding hydrogens is 428 g/mol. The minimum atomic E-state index is -0.711. The molecule has 0 radical (unpaired) electrons. The second-order valence-corrected chi connectivity index (χ2v) is 7.86. The van der Waals surface area contributed by atoms with E-state index in [4.69, 9.17) is 9.47 Å². The molecule has 4 aromatic rings. The van der Waals surface area contributed by atoms with E-state index in [1.54, 1.807) is 42.5 Å². The Labute approximate surface area is 197 Å². The van der Waals surface area contributed by atoms with Crippen LogP contribution in [0.1, 0.15) is 27.6 Å². The molecule has 1 unspecified atom stereocenters. The van der Waals surface area contributed by atoms with Crippen molar-refractivity contribution in [3.63, 3.8) is 0 Å². The van der Waals surface area contributed by atoms with Gasteiger partial charge in [-0.25, -0.2) is 0 Å². The van der Waals surface area contributed by atoms with Crippen LogP contribution in [0.5, 0.6) is 11.5 Å². The average Bonchev–Trinajstić information content (AvgIpc) is 2.88. The molecule has 0 saturated carbocycles. The summed E-state index contributed by atoms with van der Waals surface area (Å²) in [7, 11) is 0. The van der Waals surface area contributed by atoms with Gasteiger partial charge in [0.25, 0.3) is 11.8 Å². The number of anilines is 2. The van der Waals surface area contributed by atoms with E-state index in [2.05, 4.69) is 10.6 Å². The molecule has 4 aromatic carbocycles. The Morgan fingerprint density at radius 2 is 1.59 bits per heavy atom. The highest BCUT2D eigenvalue weighted by molar-refractivity contribution is 6.05. The highest BCUT2D eigenvalue weighted by Crippen LogP contribution is 2.36. The zero-order valence-corrected chi connectivity index (χ0v) is 18.2. The molecule has 6 heteroatoms. The summed E-state index contributed by atoms with van der Waals surface area (Å²) in [5.41, 5.74) is 3.41. The predicted molar refractivity (Wildman–Crippen MR) is 130 cm³/mol. The van der Waals surface area contributed by atoms with Gasteiger partial charge in [-0.2, -0.15) is 0 Å². The van der Waals surface area contributed by atoms with Crippen molar-refractivity contribution >= 4 is 23.2 Å². The molecule has 0 aromatic heterocycles. The van der Waals surface area contributed by atoms with Crippen molar-refractivity contribution in [3.8, 4) is 11.5 Å². The van der Waals surface area contributed by atoms with E-state index in [1.165, 1.54) is 0 Å². The van der Waals surface area contributed by atoms with Gasteiger partial charge < -0.3 is 20.1 Å². The lowest BCUT2D eigenvalue weighted by Gasteiger charge is -2.26. The van der Waals surface area contributed by atoms with Crippen LogP contribution in [0.3, 0.4) is 0 Å². The molecule has 1 aliphatic rings. The lowest BCUT2D eigenvalue weighted by atomic mass is 10.1. The summed E-state index contributed by atoms with van der Waals surface area (Å²) in [4.78, 5) is 25.3. The van der Waals surface area contributed by atoms with Crippen LogP contribution in [0, 0.1) is 0 Å². The fourth-order valence-electron chi connectivity index (χ4n) is 3.68. The summed E-state index contributed by atoms with van der Waals surface area (Å²) in [6.07, 6.45) is -0.711. The van der Waals surface area contributed by atoms with E-state index < -0.39 is 6.10 Å². The summed E-state index contributed by atoms with van der Waals surface area (Å²) >= 11 is 0. The van der Waals surface area contributed by atoms with Crippen molar-refractivity contribution < 1.29 is 19.1 Å². The van der Waals surface area contributed by atoms with Crippen LogP contribution in [0.4, 0.5) is 11.4 Å². The maximum atomic E-state index is 12.7. The average molecular weight is 450 g/mol. The molecule has 1 atom stereocenters. The minimum absolute atomic E-state index is 0.256. The number of carbonyl (C=O) groups excluding carboxylic acids is 2. The van der Waals surface area contributed by atoms with Gasteiger partial charge in [-0.1, -0.05) is 60.7 Å². The molecule has 2 amide bonds. The van der Waals surface area contributed by atoms with Gasteiger partial charge in [-0.05, 0) is 48.0 Å². The second-order valence-electron chi connectivity index (χ2n) is 7.86. The molecule has 168 valence electrons. The number of hydrogen-bond donors (Lipinski definition) is 2. The highest BCUT2D eigenvalue weighted by atomic mass is 16.5. The Kier molecular flexibility index (Phi) is 5.95. The molecule has 2 N–H and O–H groups in total. The molecule has 1 aliphatic heterocycles. The number of benzene rings is 4. The lowest BCUT2D eigenvalue weighted by molar-refractivity contribution is -0.123. The number of amides is 2. The summed E-state index contributed by atoms with van der Waals surface area (Å²) in [5.74, 6) is 0.710.